The average molecular weight is 414 g/mol. The zero-order valence-electron chi connectivity index (χ0n) is 11.5. The number of hydrogen-bond donors (Lipinski definition) is 2. The predicted molar refractivity (Wildman–Crippen MR) is 91.9 cm³/mol. The second kappa shape index (κ2) is 6.49. The quantitative estimate of drug-likeness (QED) is 0.734. The Morgan fingerprint density at radius 1 is 1.24 bits per heavy atom. The molecule has 0 aromatic heterocycles. The summed E-state index contributed by atoms with van der Waals surface area (Å²) in [5.41, 5.74) is 8.36. The van der Waals surface area contributed by atoms with Gasteiger partial charge in [0.2, 0.25) is 0 Å². The molecule has 21 heavy (non-hydrogen) atoms. The summed E-state index contributed by atoms with van der Waals surface area (Å²) in [6, 6.07) is 8.83. The zero-order chi connectivity index (χ0) is 15.6. The number of ether oxygens (including phenoxy) is 1. The van der Waals surface area contributed by atoms with Crippen molar-refractivity contribution in [3.63, 3.8) is 0 Å². The first-order valence-corrected chi connectivity index (χ1v) is 7.72. The molecule has 0 heterocycles. The van der Waals surface area contributed by atoms with Crippen molar-refractivity contribution < 1.29 is 9.53 Å². The van der Waals surface area contributed by atoms with Crippen LogP contribution >= 0.6 is 31.9 Å². The van der Waals surface area contributed by atoms with Crippen molar-refractivity contribution in [2.75, 3.05) is 18.2 Å². The van der Waals surface area contributed by atoms with Crippen LogP contribution in [0.5, 0.6) is 5.75 Å². The average Bonchev–Trinajstić information content (AvgIpc) is 2.44. The summed E-state index contributed by atoms with van der Waals surface area (Å²) in [6.45, 7) is 1.82. The zero-order valence-corrected chi connectivity index (χ0v) is 14.7. The van der Waals surface area contributed by atoms with Crippen LogP contribution in [0.2, 0.25) is 0 Å². The third kappa shape index (κ3) is 3.39. The van der Waals surface area contributed by atoms with Crippen LogP contribution in [0.4, 0.5) is 11.4 Å². The van der Waals surface area contributed by atoms with Crippen LogP contribution < -0.4 is 15.8 Å². The maximum Gasteiger partial charge on any atom is 0.256 e. The minimum atomic E-state index is -0.218. The molecule has 0 atom stereocenters. The van der Waals surface area contributed by atoms with E-state index in [-0.39, 0.29) is 5.91 Å². The standard InChI is InChI=1S/C15H14Br2N2O2/c1-8-9(4-3-5-12(8)18)15(20)19-13-7-14(21-2)11(17)6-10(13)16/h3-7H,18H2,1-2H3,(H,19,20). The number of benzene rings is 2. The predicted octanol–water partition coefficient (Wildman–Crippen LogP) is 4.36. The molecule has 110 valence electrons. The Morgan fingerprint density at radius 3 is 2.62 bits per heavy atom. The van der Waals surface area contributed by atoms with Gasteiger partial charge in [0.15, 0.2) is 0 Å². The number of nitrogens with one attached hydrogen (secondary N) is 1. The molecule has 4 nitrogen and oxygen atoms in total. The first-order valence-electron chi connectivity index (χ1n) is 6.13. The van der Waals surface area contributed by atoms with Gasteiger partial charge in [0.05, 0.1) is 17.3 Å². The summed E-state index contributed by atoms with van der Waals surface area (Å²) in [5, 5.41) is 2.85. The highest BCUT2D eigenvalue weighted by atomic mass is 79.9. The summed E-state index contributed by atoms with van der Waals surface area (Å²) in [5.74, 6) is 0.419. The fraction of sp³-hybridized carbons (Fsp3) is 0.133. The lowest BCUT2D eigenvalue weighted by atomic mass is 10.1. The van der Waals surface area contributed by atoms with Crippen LogP contribution in [0.15, 0.2) is 39.3 Å². The highest BCUT2D eigenvalue weighted by molar-refractivity contribution is 9.11. The van der Waals surface area contributed by atoms with Crippen molar-refractivity contribution >= 4 is 49.1 Å². The maximum atomic E-state index is 12.4. The first kappa shape index (κ1) is 15.9. The van der Waals surface area contributed by atoms with E-state index in [2.05, 4.69) is 37.2 Å². The topological polar surface area (TPSA) is 64.3 Å². The summed E-state index contributed by atoms with van der Waals surface area (Å²) in [4.78, 5) is 12.4. The van der Waals surface area contributed by atoms with Crippen LogP contribution in [0.3, 0.4) is 0 Å². The Balaban J connectivity index is 2.34. The number of nitrogens with two attached hydrogens (primary N) is 1. The van der Waals surface area contributed by atoms with E-state index in [0.29, 0.717) is 22.7 Å². The summed E-state index contributed by atoms with van der Waals surface area (Å²) in [7, 11) is 1.57. The summed E-state index contributed by atoms with van der Waals surface area (Å²) in [6.07, 6.45) is 0. The van der Waals surface area contributed by atoms with E-state index in [9.17, 15) is 4.79 Å². The minimum Gasteiger partial charge on any atom is -0.495 e. The van der Waals surface area contributed by atoms with Gasteiger partial charge in [0.1, 0.15) is 5.75 Å². The van der Waals surface area contributed by atoms with Gasteiger partial charge in [0, 0.05) is 21.8 Å². The molecule has 2 rings (SSSR count). The molecule has 0 saturated carbocycles. The van der Waals surface area contributed by atoms with Crippen molar-refractivity contribution in [1.82, 2.24) is 0 Å². The van der Waals surface area contributed by atoms with Crippen LogP contribution in [-0.4, -0.2) is 13.0 Å². The molecule has 0 aliphatic carbocycles. The van der Waals surface area contributed by atoms with E-state index >= 15 is 0 Å². The van der Waals surface area contributed by atoms with E-state index in [0.717, 1.165) is 14.5 Å². The van der Waals surface area contributed by atoms with Gasteiger partial charge in [-0.3, -0.25) is 4.79 Å². The monoisotopic (exact) mass is 412 g/mol. The molecular formula is C15H14Br2N2O2. The number of rotatable bonds is 3. The number of halogens is 2. The van der Waals surface area contributed by atoms with Crippen LogP contribution in [0.1, 0.15) is 15.9 Å². The van der Waals surface area contributed by atoms with Gasteiger partial charge < -0.3 is 15.8 Å². The molecule has 1 amide bonds. The fourth-order valence-corrected chi connectivity index (χ4v) is 3.13. The van der Waals surface area contributed by atoms with Crippen molar-refractivity contribution in [2.24, 2.45) is 0 Å². The van der Waals surface area contributed by atoms with Crippen molar-refractivity contribution in [2.45, 2.75) is 6.92 Å². The number of carbonyl (C=O) groups excluding carboxylic acids is 1. The smallest absolute Gasteiger partial charge is 0.256 e. The van der Waals surface area contributed by atoms with Gasteiger partial charge in [-0.2, -0.15) is 0 Å². The molecule has 2 aromatic carbocycles. The molecule has 0 bridgehead atoms. The fourth-order valence-electron chi connectivity index (χ4n) is 1.87. The van der Waals surface area contributed by atoms with Gasteiger partial charge in [-0.15, -0.1) is 0 Å². The van der Waals surface area contributed by atoms with Gasteiger partial charge in [-0.05, 0) is 62.5 Å². The van der Waals surface area contributed by atoms with E-state index in [1.54, 1.807) is 31.4 Å². The minimum absolute atomic E-state index is 0.218. The summed E-state index contributed by atoms with van der Waals surface area (Å²) >= 11 is 6.81. The van der Waals surface area contributed by atoms with Gasteiger partial charge in [-0.25, -0.2) is 0 Å². The number of nitrogen functional groups attached to an aromatic ring is 1. The lowest BCUT2D eigenvalue weighted by Crippen LogP contribution is -2.14. The maximum absolute atomic E-state index is 12.4. The molecule has 0 unspecified atom stereocenters. The number of amides is 1. The van der Waals surface area contributed by atoms with E-state index < -0.39 is 0 Å². The number of hydrogen-bond acceptors (Lipinski definition) is 3. The Kier molecular flexibility index (Phi) is 4.90. The molecule has 0 saturated heterocycles. The number of carbonyl (C=O) groups is 1. The Bertz CT molecular complexity index is 702. The van der Waals surface area contributed by atoms with E-state index in [4.69, 9.17) is 10.5 Å². The third-order valence-corrected chi connectivity index (χ3v) is 4.39. The lowest BCUT2D eigenvalue weighted by Gasteiger charge is -2.12. The molecule has 6 heteroatoms. The SMILES string of the molecule is COc1cc(NC(=O)c2cccc(N)c2C)c(Br)cc1Br. The van der Waals surface area contributed by atoms with Gasteiger partial charge >= 0.3 is 0 Å². The van der Waals surface area contributed by atoms with E-state index in [1.807, 2.05) is 13.0 Å². The molecule has 0 aliphatic rings. The molecule has 3 N–H and O–H groups in total. The third-order valence-electron chi connectivity index (χ3n) is 3.11. The Morgan fingerprint density at radius 2 is 1.95 bits per heavy atom. The van der Waals surface area contributed by atoms with Gasteiger partial charge in [0.25, 0.3) is 5.91 Å². The second-order valence-corrected chi connectivity index (χ2v) is 6.15. The van der Waals surface area contributed by atoms with Crippen molar-refractivity contribution in [1.29, 1.82) is 0 Å². The van der Waals surface area contributed by atoms with Crippen LogP contribution in [0.25, 0.3) is 0 Å². The number of methoxy groups -OCH3 is 1. The molecular weight excluding hydrogens is 400 g/mol. The molecule has 0 radical (unpaired) electrons. The number of anilines is 2. The van der Waals surface area contributed by atoms with Gasteiger partial charge in [-0.1, -0.05) is 6.07 Å². The molecule has 2 aromatic rings. The molecule has 0 aliphatic heterocycles. The summed E-state index contributed by atoms with van der Waals surface area (Å²) < 4.78 is 6.79. The lowest BCUT2D eigenvalue weighted by molar-refractivity contribution is 0.102. The highest BCUT2D eigenvalue weighted by Crippen LogP contribution is 2.34. The van der Waals surface area contributed by atoms with Crippen molar-refractivity contribution in [3.8, 4) is 5.75 Å². The molecule has 0 spiro atoms. The van der Waals surface area contributed by atoms with Crippen molar-refractivity contribution in [3.05, 3.63) is 50.4 Å². The van der Waals surface area contributed by atoms with Crippen LogP contribution in [-0.2, 0) is 0 Å². The highest BCUT2D eigenvalue weighted by Gasteiger charge is 2.14. The second-order valence-electron chi connectivity index (χ2n) is 4.44. The Labute approximate surface area is 139 Å². The largest absolute Gasteiger partial charge is 0.495 e. The van der Waals surface area contributed by atoms with E-state index in [1.165, 1.54) is 0 Å². The normalized spacial score (nSPS) is 10.3. The first-order chi connectivity index (χ1) is 9.93. The van der Waals surface area contributed by atoms with Crippen LogP contribution in [0, 0.1) is 6.92 Å². The molecule has 0 fully saturated rings. The Hall–Kier alpha value is -1.53.